The Morgan fingerprint density at radius 1 is 0.393 bits per heavy atom. The number of thiophene rings is 1. The topological polar surface area (TPSA) is 51.8 Å². The summed E-state index contributed by atoms with van der Waals surface area (Å²) in [4.78, 5) is 15.0. The van der Waals surface area contributed by atoms with Crippen molar-refractivity contribution in [1.82, 2.24) is 15.0 Å². The van der Waals surface area contributed by atoms with Crippen LogP contribution < -0.4 is 0 Å². The van der Waals surface area contributed by atoms with Crippen LogP contribution in [-0.4, -0.2) is 15.0 Å². The second-order valence-electron chi connectivity index (χ2n) is 13.9. The van der Waals surface area contributed by atoms with Crippen LogP contribution in [-0.2, 0) is 0 Å². The van der Waals surface area contributed by atoms with Gasteiger partial charge in [0.05, 0.1) is 17.1 Å². The molecule has 0 unspecified atom stereocenters. The van der Waals surface area contributed by atoms with Gasteiger partial charge >= 0.3 is 0 Å². The normalized spacial score (nSPS) is 11.6. The lowest BCUT2D eigenvalue weighted by Gasteiger charge is -2.13. The van der Waals surface area contributed by atoms with E-state index < -0.39 is 0 Å². The predicted octanol–water partition coefficient (Wildman–Crippen LogP) is 14.1. The highest BCUT2D eigenvalue weighted by Crippen LogP contribution is 2.44. The number of fused-ring (bicyclic) bond motifs is 6. The molecule has 0 atom stereocenters. The van der Waals surface area contributed by atoms with Crippen LogP contribution in [0.3, 0.4) is 0 Å². The monoisotopic (exact) mass is 733 g/mol. The van der Waals surface area contributed by atoms with Crippen molar-refractivity contribution in [3.8, 4) is 67.4 Å². The SMILES string of the molecule is c1ccc(-c2cc(-c3ccccc3-c3ccccn3)nc(-c3ccc(-c4ccc(-c5ccc6sc7ccccc7c6c5)c5oc6ccccc6c45)cc3)n2)cc1. The van der Waals surface area contributed by atoms with Crippen LogP contribution in [0.4, 0.5) is 0 Å². The number of hydrogen-bond acceptors (Lipinski definition) is 5. The number of rotatable bonds is 6. The van der Waals surface area contributed by atoms with Gasteiger partial charge in [-0.2, -0.15) is 0 Å². The molecular weight excluding hydrogens is 703 g/mol. The minimum atomic E-state index is 0.661. The Bertz CT molecular complexity index is 3240. The van der Waals surface area contributed by atoms with E-state index in [1.807, 2.05) is 66.1 Å². The van der Waals surface area contributed by atoms with Crippen molar-refractivity contribution in [1.29, 1.82) is 0 Å². The smallest absolute Gasteiger partial charge is 0.160 e. The number of para-hydroxylation sites is 1. The van der Waals surface area contributed by atoms with Gasteiger partial charge in [0.1, 0.15) is 11.2 Å². The molecule has 7 aromatic carbocycles. The van der Waals surface area contributed by atoms with E-state index in [1.54, 1.807) is 0 Å². The molecule has 0 N–H and O–H groups in total. The molecule has 0 aliphatic carbocycles. The summed E-state index contributed by atoms with van der Waals surface area (Å²) >= 11 is 1.84. The molecule has 56 heavy (non-hydrogen) atoms. The minimum absolute atomic E-state index is 0.661. The second-order valence-corrected chi connectivity index (χ2v) is 15.0. The van der Waals surface area contributed by atoms with Crippen molar-refractivity contribution in [2.24, 2.45) is 0 Å². The molecule has 0 fully saturated rings. The first-order valence-corrected chi connectivity index (χ1v) is 19.5. The Kier molecular flexibility index (Phi) is 7.64. The summed E-state index contributed by atoms with van der Waals surface area (Å²) in [6.45, 7) is 0. The summed E-state index contributed by atoms with van der Waals surface area (Å²) in [7, 11) is 0. The highest BCUT2D eigenvalue weighted by molar-refractivity contribution is 7.25. The van der Waals surface area contributed by atoms with E-state index in [0.29, 0.717) is 5.82 Å². The maximum atomic E-state index is 6.70. The third kappa shape index (κ3) is 5.48. The van der Waals surface area contributed by atoms with Crippen molar-refractivity contribution in [2.45, 2.75) is 0 Å². The van der Waals surface area contributed by atoms with Crippen molar-refractivity contribution >= 4 is 53.4 Å². The molecule has 262 valence electrons. The molecule has 0 saturated heterocycles. The molecule has 0 amide bonds. The largest absolute Gasteiger partial charge is 0.455 e. The Morgan fingerprint density at radius 3 is 1.89 bits per heavy atom. The average Bonchev–Trinajstić information content (AvgIpc) is 3.85. The van der Waals surface area contributed by atoms with Crippen LogP contribution in [0.1, 0.15) is 0 Å². The summed E-state index contributed by atoms with van der Waals surface area (Å²) < 4.78 is 9.29. The molecule has 0 saturated carbocycles. The first-order chi connectivity index (χ1) is 27.7. The van der Waals surface area contributed by atoms with Crippen molar-refractivity contribution in [3.05, 3.63) is 188 Å². The Balaban J connectivity index is 1.04. The van der Waals surface area contributed by atoms with E-state index in [4.69, 9.17) is 14.4 Å². The van der Waals surface area contributed by atoms with E-state index in [0.717, 1.165) is 83.5 Å². The van der Waals surface area contributed by atoms with Crippen molar-refractivity contribution in [2.75, 3.05) is 0 Å². The van der Waals surface area contributed by atoms with Crippen LogP contribution >= 0.6 is 11.3 Å². The maximum absolute atomic E-state index is 6.70. The van der Waals surface area contributed by atoms with E-state index in [1.165, 1.54) is 20.2 Å². The van der Waals surface area contributed by atoms with Gasteiger partial charge in [-0.25, -0.2) is 9.97 Å². The number of pyridine rings is 1. The molecule has 0 radical (unpaired) electrons. The third-order valence-corrected chi connectivity index (χ3v) is 11.8. The first kappa shape index (κ1) is 32.2. The van der Waals surface area contributed by atoms with Gasteiger partial charge in [-0.15, -0.1) is 11.3 Å². The molecule has 0 bridgehead atoms. The molecule has 4 heterocycles. The summed E-state index contributed by atoms with van der Waals surface area (Å²) in [5.74, 6) is 0.661. The summed E-state index contributed by atoms with van der Waals surface area (Å²) in [5, 5.41) is 4.76. The van der Waals surface area contributed by atoms with Crippen LogP contribution in [0, 0.1) is 0 Å². The molecule has 11 aromatic rings. The van der Waals surface area contributed by atoms with Gasteiger partial charge in [0, 0.05) is 65.0 Å². The Labute approximate surface area is 327 Å². The summed E-state index contributed by atoms with van der Waals surface area (Å²) in [6.07, 6.45) is 1.83. The lowest BCUT2D eigenvalue weighted by molar-refractivity contribution is 0.670. The van der Waals surface area contributed by atoms with Crippen molar-refractivity contribution in [3.63, 3.8) is 0 Å². The zero-order valence-electron chi connectivity index (χ0n) is 30.1. The van der Waals surface area contributed by atoms with Gasteiger partial charge in [-0.3, -0.25) is 4.98 Å². The van der Waals surface area contributed by atoms with E-state index in [9.17, 15) is 0 Å². The Hall–Kier alpha value is -7.21. The second kappa shape index (κ2) is 13.3. The minimum Gasteiger partial charge on any atom is -0.455 e. The molecule has 11 rings (SSSR count). The predicted molar refractivity (Wildman–Crippen MR) is 233 cm³/mol. The molecule has 4 nitrogen and oxygen atoms in total. The van der Waals surface area contributed by atoms with E-state index >= 15 is 0 Å². The zero-order valence-corrected chi connectivity index (χ0v) is 30.9. The number of aromatic nitrogens is 3. The fraction of sp³-hybridized carbons (Fsp3) is 0. The number of nitrogens with zero attached hydrogens (tertiary/aromatic N) is 3. The molecule has 0 spiro atoms. The first-order valence-electron chi connectivity index (χ1n) is 18.7. The fourth-order valence-electron chi connectivity index (χ4n) is 7.91. The standard InChI is InChI=1S/C51H31N3OS/c1-2-12-33(13-3-1)44-31-45(39-15-5-4-14-38(39)43-18-10-11-29-52-43)54-51(53-44)34-23-21-32(22-24-34)36-26-27-37(50-49(36)41-17-6-8-19-46(41)55-50)35-25-28-48-42(30-35)40-16-7-9-20-47(40)56-48/h1-31H. The molecule has 0 aliphatic rings. The van der Waals surface area contributed by atoms with Gasteiger partial charge in [0.15, 0.2) is 5.82 Å². The van der Waals surface area contributed by atoms with Crippen LogP contribution in [0.15, 0.2) is 193 Å². The van der Waals surface area contributed by atoms with Gasteiger partial charge in [-0.05, 0) is 65.2 Å². The van der Waals surface area contributed by atoms with Crippen LogP contribution in [0.25, 0.3) is 110 Å². The quantitative estimate of drug-likeness (QED) is 0.171. The summed E-state index contributed by atoms with van der Waals surface area (Å²) in [5.41, 5.74) is 12.8. The average molecular weight is 734 g/mol. The van der Waals surface area contributed by atoms with Gasteiger partial charge in [-0.1, -0.05) is 133 Å². The third-order valence-electron chi connectivity index (χ3n) is 10.6. The maximum Gasteiger partial charge on any atom is 0.160 e. The van der Waals surface area contributed by atoms with E-state index in [2.05, 4.69) is 138 Å². The fourth-order valence-corrected chi connectivity index (χ4v) is 9.00. The number of hydrogen-bond donors (Lipinski definition) is 0. The molecule has 5 heteroatoms. The lowest BCUT2D eigenvalue weighted by atomic mass is 9.93. The Morgan fingerprint density at radius 2 is 1.05 bits per heavy atom. The molecule has 0 aliphatic heterocycles. The number of benzene rings is 7. The van der Waals surface area contributed by atoms with Crippen molar-refractivity contribution < 1.29 is 4.42 Å². The van der Waals surface area contributed by atoms with E-state index in [-0.39, 0.29) is 0 Å². The molecule has 4 aromatic heterocycles. The van der Waals surface area contributed by atoms with Gasteiger partial charge in [0.2, 0.25) is 0 Å². The molecular formula is C51H31N3OS. The summed E-state index contributed by atoms with van der Waals surface area (Å²) in [6, 6.07) is 63.5. The van der Waals surface area contributed by atoms with Gasteiger partial charge in [0.25, 0.3) is 0 Å². The van der Waals surface area contributed by atoms with Gasteiger partial charge < -0.3 is 4.42 Å². The zero-order chi connectivity index (χ0) is 37.0. The van der Waals surface area contributed by atoms with Crippen LogP contribution in [0.2, 0.25) is 0 Å². The number of furan rings is 1. The lowest BCUT2D eigenvalue weighted by Crippen LogP contribution is -1.97. The highest BCUT2D eigenvalue weighted by atomic mass is 32.1. The van der Waals surface area contributed by atoms with Crippen LogP contribution in [0.5, 0.6) is 0 Å². The highest BCUT2D eigenvalue weighted by Gasteiger charge is 2.19.